The topological polar surface area (TPSA) is 116 Å². The van der Waals surface area contributed by atoms with E-state index in [0.29, 0.717) is 23.8 Å². The minimum absolute atomic E-state index is 0.0208. The Morgan fingerprint density at radius 2 is 1.90 bits per heavy atom. The summed E-state index contributed by atoms with van der Waals surface area (Å²) in [6, 6.07) is 0. The fourth-order valence-corrected chi connectivity index (χ4v) is 5.59. The molecule has 6 unspecified atom stereocenters. The molecule has 3 fully saturated rings. The zero-order valence-electron chi connectivity index (χ0n) is 17.5. The molecule has 2 saturated carbocycles. The molecule has 0 spiro atoms. The minimum atomic E-state index is -3.92. The first kappa shape index (κ1) is 22.9. The smallest absolute Gasteiger partial charge is 0.305 e. The second-order valence-electron chi connectivity index (χ2n) is 8.46. The van der Waals surface area contributed by atoms with Crippen LogP contribution in [0.5, 0.6) is 0 Å². The van der Waals surface area contributed by atoms with Crippen LogP contribution in [0, 0.1) is 29.6 Å². The summed E-state index contributed by atoms with van der Waals surface area (Å²) in [5.41, 5.74) is 0. The van der Waals surface area contributed by atoms with Gasteiger partial charge in [0.05, 0.1) is 31.3 Å². The van der Waals surface area contributed by atoms with Crippen LogP contribution in [0.15, 0.2) is 12.2 Å². The zero-order valence-corrected chi connectivity index (χ0v) is 18.3. The first-order valence-electron chi connectivity index (χ1n) is 10.2. The second-order valence-corrected chi connectivity index (χ2v) is 10.0. The molecule has 168 valence electrons. The van der Waals surface area contributed by atoms with Crippen LogP contribution >= 0.6 is 0 Å². The van der Waals surface area contributed by atoms with Gasteiger partial charge in [0.1, 0.15) is 0 Å². The SMILES string of the molecule is COC(=O)CC1CC2CCC1C2.COC1C=CCC2C(=O)N(OS(C)(=O)=O)C(=O)C12. The van der Waals surface area contributed by atoms with E-state index in [1.165, 1.54) is 39.9 Å². The van der Waals surface area contributed by atoms with E-state index in [1.54, 1.807) is 12.2 Å². The van der Waals surface area contributed by atoms with Crippen molar-refractivity contribution in [2.45, 2.75) is 44.6 Å². The Balaban J connectivity index is 0.000000184. The van der Waals surface area contributed by atoms with Crippen molar-refractivity contribution >= 4 is 27.9 Å². The molecule has 3 aliphatic carbocycles. The maximum absolute atomic E-state index is 12.0. The predicted octanol–water partition coefficient (Wildman–Crippen LogP) is 1.44. The molecular weight excluding hydrogens is 414 g/mol. The lowest BCUT2D eigenvalue weighted by Crippen LogP contribution is -2.36. The van der Waals surface area contributed by atoms with Crippen molar-refractivity contribution in [1.82, 2.24) is 5.06 Å². The van der Waals surface area contributed by atoms with Gasteiger partial charge in [-0.05, 0) is 43.4 Å². The quantitative estimate of drug-likeness (QED) is 0.356. The highest BCUT2D eigenvalue weighted by atomic mass is 32.2. The van der Waals surface area contributed by atoms with Gasteiger partial charge in [0, 0.05) is 13.5 Å². The van der Waals surface area contributed by atoms with Gasteiger partial charge in [-0.15, -0.1) is 9.35 Å². The number of fused-ring (bicyclic) bond motifs is 3. The Kier molecular flexibility index (Phi) is 6.98. The van der Waals surface area contributed by atoms with Crippen molar-refractivity contribution < 1.29 is 36.6 Å². The summed E-state index contributed by atoms with van der Waals surface area (Å²) < 4.78 is 36.3. The first-order valence-corrected chi connectivity index (χ1v) is 12.0. The molecule has 0 aromatic carbocycles. The lowest BCUT2D eigenvalue weighted by Gasteiger charge is -2.24. The summed E-state index contributed by atoms with van der Waals surface area (Å²) >= 11 is 0. The van der Waals surface area contributed by atoms with Gasteiger partial charge in [-0.1, -0.05) is 18.6 Å². The zero-order chi connectivity index (χ0) is 22.1. The molecular formula is C20H29NO8S. The summed E-state index contributed by atoms with van der Waals surface area (Å²) in [5, 5.41) is 0.337. The molecule has 6 atom stereocenters. The van der Waals surface area contributed by atoms with Crippen LogP contribution in [0.1, 0.15) is 38.5 Å². The van der Waals surface area contributed by atoms with Crippen LogP contribution in [0.3, 0.4) is 0 Å². The number of rotatable bonds is 5. The number of ether oxygens (including phenoxy) is 2. The van der Waals surface area contributed by atoms with Gasteiger partial charge in [0.2, 0.25) is 0 Å². The number of hydrogen-bond acceptors (Lipinski definition) is 8. The standard InChI is InChI=1S/C10H13NO6S.C10H16O2/c1-16-7-5-3-4-6-8(7)10(13)11(9(6)12)17-18(2,14)15;1-12-10(11)6-9-5-7-2-3-8(9)4-7/h3,5-8H,4H2,1-2H3;7-9H,2-6H2,1H3. The number of hydroxylamine groups is 2. The van der Waals surface area contributed by atoms with E-state index in [4.69, 9.17) is 4.74 Å². The van der Waals surface area contributed by atoms with Gasteiger partial charge in [-0.2, -0.15) is 8.42 Å². The van der Waals surface area contributed by atoms with Crippen molar-refractivity contribution in [2.75, 3.05) is 20.5 Å². The normalized spacial score (nSPS) is 34.6. The van der Waals surface area contributed by atoms with Crippen LogP contribution in [0.4, 0.5) is 0 Å². The fraction of sp³-hybridized carbons (Fsp3) is 0.750. The van der Waals surface area contributed by atoms with E-state index < -0.39 is 39.9 Å². The summed E-state index contributed by atoms with van der Waals surface area (Å²) in [4.78, 5) is 34.9. The van der Waals surface area contributed by atoms with Gasteiger partial charge >= 0.3 is 5.97 Å². The Morgan fingerprint density at radius 3 is 2.43 bits per heavy atom. The number of carbonyl (C=O) groups excluding carboxylic acids is 3. The molecule has 0 aromatic heterocycles. The lowest BCUT2D eigenvalue weighted by atomic mass is 9.83. The van der Waals surface area contributed by atoms with Crippen molar-refractivity contribution in [1.29, 1.82) is 0 Å². The fourth-order valence-electron chi connectivity index (χ4n) is 5.17. The van der Waals surface area contributed by atoms with Crippen LogP contribution in [-0.4, -0.2) is 57.8 Å². The van der Waals surface area contributed by atoms with Gasteiger partial charge in [-0.25, -0.2) is 0 Å². The molecule has 4 rings (SSSR count). The molecule has 30 heavy (non-hydrogen) atoms. The van der Waals surface area contributed by atoms with Crippen LogP contribution < -0.4 is 0 Å². The third-order valence-corrected chi connectivity index (χ3v) is 6.95. The largest absolute Gasteiger partial charge is 0.469 e. The molecule has 1 aliphatic heterocycles. The Bertz CT molecular complexity index is 823. The lowest BCUT2D eigenvalue weighted by molar-refractivity contribution is -0.166. The average Bonchev–Trinajstić information content (AvgIpc) is 3.38. The van der Waals surface area contributed by atoms with Gasteiger partial charge < -0.3 is 9.47 Å². The third kappa shape index (κ3) is 4.92. The number of methoxy groups -OCH3 is 2. The predicted molar refractivity (Wildman–Crippen MR) is 105 cm³/mol. The van der Waals surface area contributed by atoms with Crippen molar-refractivity contribution in [2.24, 2.45) is 29.6 Å². The summed E-state index contributed by atoms with van der Waals surface area (Å²) in [6.45, 7) is 0. The number of allylic oxidation sites excluding steroid dienone is 1. The maximum atomic E-state index is 12.0. The van der Waals surface area contributed by atoms with Gasteiger partial charge in [0.15, 0.2) is 0 Å². The first-order chi connectivity index (χ1) is 14.1. The summed E-state index contributed by atoms with van der Waals surface area (Å²) in [5.74, 6) is -0.237. The monoisotopic (exact) mass is 443 g/mol. The van der Waals surface area contributed by atoms with Crippen LogP contribution in [-0.2, 0) is 38.3 Å². The van der Waals surface area contributed by atoms with Gasteiger partial charge in [-0.3, -0.25) is 14.4 Å². The van der Waals surface area contributed by atoms with Gasteiger partial charge in [0.25, 0.3) is 21.9 Å². The number of esters is 1. The average molecular weight is 444 g/mol. The van der Waals surface area contributed by atoms with Crippen molar-refractivity contribution in [3.63, 3.8) is 0 Å². The number of nitrogens with zero attached hydrogens (tertiary/aromatic N) is 1. The highest BCUT2D eigenvalue weighted by Gasteiger charge is 2.53. The number of carbonyl (C=O) groups is 3. The summed E-state index contributed by atoms with van der Waals surface area (Å²) in [7, 11) is -1.01. The van der Waals surface area contributed by atoms with E-state index in [1.807, 2.05) is 0 Å². The Morgan fingerprint density at radius 1 is 1.17 bits per heavy atom. The molecule has 4 aliphatic rings. The maximum Gasteiger partial charge on any atom is 0.305 e. The molecule has 9 nitrogen and oxygen atoms in total. The van der Waals surface area contributed by atoms with Crippen LogP contribution in [0.25, 0.3) is 0 Å². The minimum Gasteiger partial charge on any atom is -0.469 e. The van der Waals surface area contributed by atoms with Crippen LogP contribution in [0.2, 0.25) is 0 Å². The number of hydrogen-bond donors (Lipinski definition) is 0. The van der Waals surface area contributed by atoms with Crippen molar-refractivity contribution in [3.8, 4) is 0 Å². The molecule has 0 N–H and O–H groups in total. The Labute approximate surface area is 176 Å². The molecule has 0 radical (unpaired) electrons. The second kappa shape index (κ2) is 9.15. The molecule has 10 heteroatoms. The highest BCUT2D eigenvalue weighted by molar-refractivity contribution is 7.85. The van der Waals surface area contributed by atoms with E-state index in [9.17, 15) is 22.8 Å². The Hall–Kier alpha value is -1.78. The number of imide groups is 1. The molecule has 1 heterocycles. The van der Waals surface area contributed by atoms with E-state index in [-0.39, 0.29) is 5.97 Å². The third-order valence-electron chi connectivity index (χ3n) is 6.53. The van der Waals surface area contributed by atoms with Crippen molar-refractivity contribution in [3.05, 3.63) is 12.2 Å². The van der Waals surface area contributed by atoms with E-state index in [2.05, 4.69) is 9.02 Å². The molecule has 2 bridgehead atoms. The highest BCUT2D eigenvalue weighted by Crippen LogP contribution is 2.49. The molecule has 2 amide bonds. The molecule has 1 saturated heterocycles. The number of amides is 2. The summed E-state index contributed by atoms with van der Waals surface area (Å²) in [6.07, 6.45) is 10.1. The molecule has 0 aromatic rings. The van der Waals surface area contributed by atoms with E-state index in [0.717, 1.165) is 18.1 Å². The van der Waals surface area contributed by atoms with E-state index >= 15 is 0 Å².